The number of benzene rings is 15. The Balaban J connectivity index is 0.774. The van der Waals surface area contributed by atoms with Crippen molar-refractivity contribution in [3.8, 4) is 32.0 Å². The molecular formula is C92H47N9O12S4. The van der Waals surface area contributed by atoms with Crippen LogP contribution in [0.25, 0.3) is 269 Å². The first kappa shape index (κ1) is 65.4. The van der Waals surface area contributed by atoms with Crippen LogP contribution in [0.4, 0.5) is 0 Å². The molecule has 15 aromatic carbocycles. The van der Waals surface area contributed by atoms with E-state index in [4.69, 9.17) is 19.2 Å². The van der Waals surface area contributed by atoms with Gasteiger partial charge in [-0.05, 0) is 157 Å². The number of H-pyrrole nitrogens is 7. The topological polar surface area (TPSA) is 325 Å². The van der Waals surface area contributed by atoms with Gasteiger partial charge in [0.2, 0.25) is 0 Å². The molecule has 21 nitrogen and oxygen atoms in total. The summed E-state index contributed by atoms with van der Waals surface area (Å²) in [5.74, 6) is 0. The van der Waals surface area contributed by atoms with Crippen molar-refractivity contribution >= 4 is 284 Å². The summed E-state index contributed by atoms with van der Waals surface area (Å²) in [6.07, 6.45) is 0. The Kier molecular flexibility index (Phi) is 11.7. The van der Waals surface area contributed by atoms with Crippen molar-refractivity contribution in [2.45, 2.75) is 52.0 Å². The van der Waals surface area contributed by atoms with Gasteiger partial charge in [-0.3, -0.25) is 86.6 Å². The molecule has 26 aromatic rings. The zero-order valence-corrected chi connectivity index (χ0v) is 64.8. The predicted molar refractivity (Wildman–Crippen MR) is 482 cm³/mol. The van der Waals surface area contributed by atoms with Crippen molar-refractivity contribution in [1.82, 2.24) is 44.0 Å². The molecule has 0 amide bonds. The van der Waals surface area contributed by atoms with Gasteiger partial charge in [0.25, 0.3) is 66.7 Å². The number of thioether (sulfide) groups is 1. The lowest BCUT2D eigenvalue weighted by Crippen LogP contribution is -2.35. The summed E-state index contributed by atoms with van der Waals surface area (Å²) in [6, 6.07) is 29.7. The van der Waals surface area contributed by atoms with E-state index in [1.165, 1.54) is 43.6 Å². The van der Waals surface area contributed by atoms with Crippen molar-refractivity contribution in [2.24, 2.45) is 0 Å². The van der Waals surface area contributed by atoms with E-state index in [2.05, 4.69) is 41.5 Å². The maximum atomic E-state index is 16.0. The Labute approximate surface area is 663 Å². The maximum Gasteiger partial charge on any atom is 0.262 e. The van der Waals surface area contributed by atoms with Crippen LogP contribution in [0.15, 0.2) is 174 Å². The van der Waals surface area contributed by atoms with Gasteiger partial charge in [0, 0.05) is 226 Å². The Hall–Kier alpha value is -14.0. The average Bonchev–Trinajstić information content (AvgIpc) is 1.61. The molecule has 0 fully saturated rings. The lowest BCUT2D eigenvalue weighted by Gasteiger charge is -2.23. The van der Waals surface area contributed by atoms with Gasteiger partial charge in [-0.2, -0.15) is 0 Å². The highest BCUT2D eigenvalue weighted by Gasteiger charge is 2.36. The normalized spacial score (nSPS) is 13.5. The molecule has 0 aliphatic heterocycles. The van der Waals surface area contributed by atoms with E-state index >= 15 is 14.4 Å². The second-order valence-electron chi connectivity index (χ2n) is 32.1. The van der Waals surface area contributed by atoms with Crippen molar-refractivity contribution in [2.75, 3.05) is 0 Å². The van der Waals surface area contributed by atoms with Gasteiger partial charge < -0.3 is 15.0 Å². The number of aromatic amines is 7. The molecule has 11 aromatic heterocycles. The number of aromatic nitrogens is 9. The molecule has 7 N–H and O–H groups in total. The van der Waals surface area contributed by atoms with E-state index in [1.807, 2.05) is 49.4 Å². The molecule has 26 rings (SSSR count). The average molecular weight is 1600 g/mol. The van der Waals surface area contributed by atoms with Crippen LogP contribution in [0, 0.1) is 0 Å². The summed E-state index contributed by atoms with van der Waals surface area (Å²) in [7, 11) is 0. The molecule has 556 valence electrons. The fourth-order valence-electron chi connectivity index (χ4n) is 21.3. The highest BCUT2D eigenvalue weighted by Crippen LogP contribution is 2.59. The first-order valence-corrected chi connectivity index (χ1v) is 40.8. The monoisotopic (exact) mass is 1600 g/mol. The van der Waals surface area contributed by atoms with Crippen LogP contribution in [-0.4, -0.2) is 44.0 Å². The molecule has 25 heteroatoms. The minimum Gasteiger partial charge on any atom is -0.354 e. The van der Waals surface area contributed by atoms with Gasteiger partial charge in [-0.25, -0.2) is 0 Å². The molecule has 1 unspecified atom stereocenters. The molecule has 0 saturated carbocycles. The molecule has 0 aliphatic rings. The van der Waals surface area contributed by atoms with Crippen molar-refractivity contribution in [1.29, 1.82) is 0 Å². The smallest absolute Gasteiger partial charge is 0.262 e. The summed E-state index contributed by atoms with van der Waals surface area (Å²) < 4.78 is 2.56. The molecule has 0 spiro atoms. The summed E-state index contributed by atoms with van der Waals surface area (Å²) in [5.41, 5.74) is -0.194. The number of thiol groups is 1. The van der Waals surface area contributed by atoms with Gasteiger partial charge in [-0.15, -0.1) is 47.1 Å². The van der Waals surface area contributed by atoms with Crippen LogP contribution in [0.2, 0.25) is 0 Å². The van der Waals surface area contributed by atoms with Gasteiger partial charge >= 0.3 is 0 Å². The number of nitrogens with zero attached hydrogens (tertiary/aromatic N) is 2. The van der Waals surface area contributed by atoms with E-state index in [-0.39, 0.29) is 37.7 Å². The zero-order chi connectivity index (χ0) is 79.5. The van der Waals surface area contributed by atoms with Gasteiger partial charge in [0.15, 0.2) is 0 Å². The zero-order valence-electron chi connectivity index (χ0n) is 61.4. The Morgan fingerprint density at radius 3 is 1.09 bits per heavy atom. The number of fused-ring (bicyclic) bond motifs is 3. The van der Waals surface area contributed by atoms with E-state index in [9.17, 15) is 43.2 Å². The number of thiophene rings is 2. The molecule has 1 atom stereocenters. The standard InChI is InChI=1S/C92H47N9O12S4/c1-25(2)100-89(110)47-14-36(58-31-9-12-34-61-44(86(107)97-82(34)103)19-52-72(66(31)61)76-55(95-52)21-48(90(100)111)64(47)77(58)76)28(6)115-29(7)80-39(24-56(117-80)40-16-42-63-46(88(109)99-84(42)105)20-53-75-73-51(93-53)18-45-62-35(83(104)98-87(45)108)13-10-32(67(62)73)59(40)78(63)75)38-23-57(116-79(38)27(5)114)41-15-37-30-8-11-33-60-43(85(106)96-81(33)102)17-50-71(65(30)60)74-54(94-50)22-49-69(68(37)74)70(41)92(113)101(26(3)4)91(49)112/h8-26,28,93-95,114H,5,7H2,1-4,6H3,(H,96,102,106)(H,97,103,107)(H,98,104,108)(H,99,105,109). The SMILES string of the molecule is C=C(S)c1sc(-c2cc3c4ccc5c(=O)[nH]c(=O)c6cc7[nH]c8cc9c(=O)n(C(C)C)c(=O)c2c9c3c8c7c4c56)cc1-c1cc(-c2cc3c(=O)[nH]c(=O)c4cc5[nH]c6cc7c(=O)[nH]c(=O)c8ccc9c2c(c34)c5c6c9c87)sc1C(=C)SC(C)c1cc2c(=O)n(C(C)C)c(=O)c3cc4[nH]c5cc6c(=O)[nH]c(=O)c7ccc8c1c(c23)c4c5c8c76. The molecule has 0 radical (unpaired) electrons. The summed E-state index contributed by atoms with van der Waals surface area (Å²) in [6.45, 7) is 18.7. The Morgan fingerprint density at radius 1 is 0.299 bits per heavy atom. The molecule has 0 aliphatic carbocycles. The molecule has 0 bridgehead atoms. The lowest BCUT2D eigenvalue weighted by molar-refractivity contribution is 0.568. The van der Waals surface area contributed by atoms with E-state index < -0.39 is 84.0 Å². The van der Waals surface area contributed by atoms with Crippen LogP contribution in [0.5, 0.6) is 0 Å². The second kappa shape index (κ2) is 20.9. The van der Waals surface area contributed by atoms with Crippen LogP contribution >= 0.6 is 47.1 Å². The number of hydrogen-bond acceptors (Lipinski definition) is 16. The quantitative estimate of drug-likeness (QED) is 0.0359. The third kappa shape index (κ3) is 7.49. The third-order valence-electron chi connectivity index (χ3n) is 25.7. The minimum atomic E-state index is -0.635. The van der Waals surface area contributed by atoms with Crippen molar-refractivity contribution in [3.63, 3.8) is 0 Å². The largest absolute Gasteiger partial charge is 0.354 e. The summed E-state index contributed by atoms with van der Waals surface area (Å²) in [4.78, 5) is 199. The van der Waals surface area contributed by atoms with Crippen molar-refractivity contribution in [3.05, 3.63) is 256 Å². The Bertz CT molecular complexity index is 10100. The van der Waals surface area contributed by atoms with E-state index in [0.717, 1.165) is 21.5 Å². The van der Waals surface area contributed by atoms with Crippen LogP contribution in [-0.2, 0) is 0 Å². The molecule has 0 saturated heterocycles. The third-order valence-corrected chi connectivity index (χ3v) is 29.8. The minimum absolute atomic E-state index is 0.215. The lowest BCUT2D eigenvalue weighted by atomic mass is 9.84. The van der Waals surface area contributed by atoms with Crippen LogP contribution in [0.1, 0.15) is 67.3 Å². The summed E-state index contributed by atoms with van der Waals surface area (Å²) in [5, 5.41) is 17.6. The number of rotatable bonds is 10. The first-order valence-electron chi connectivity index (χ1n) is 37.8. The molecule has 117 heavy (non-hydrogen) atoms. The van der Waals surface area contributed by atoms with Gasteiger partial charge in [-0.1, -0.05) is 31.4 Å². The van der Waals surface area contributed by atoms with E-state index in [0.29, 0.717) is 225 Å². The van der Waals surface area contributed by atoms with Crippen molar-refractivity contribution < 1.29 is 0 Å². The molecule has 11 heterocycles. The van der Waals surface area contributed by atoms with Crippen LogP contribution in [0.3, 0.4) is 0 Å². The van der Waals surface area contributed by atoms with Gasteiger partial charge in [0.1, 0.15) is 0 Å². The maximum absolute atomic E-state index is 16.0. The fourth-order valence-corrected chi connectivity index (χ4v) is 24.9. The van der Waals surface area contributed by atoms with Crippen LogP contribution < -0.4 is 66.7 Å². The number of hydrogen-bond donors (Lipinski definition) is 8. The highest BCUT2D eigenvalue weighted by atomic mass is 32.2. The first-order chi connectivity index (χ1) is 56.3. The van der Waals surface area contributed by atoms with E-state index in [1.54, 1.807) is 88.4 Å². The second-order valence-corrected chi connectivity index (χ2v) is 36.2. The number of pyridine rings is 6. The highest BCUT2D eigenvalue weighted by molar-refractivity contribution is 8.08. The van der Waals surface area contributed by atoms with Gasteiger partial charge in [0.05, 0.1) is 37.7 Å². The fraction of sp³-hybridized carbons (Fsp3) is 0.0870. The summed E-state index contributed by atoms with van der Waals surface area (Å²) >= 11 is 9.23. The molecular weight excluding hydrogens is 1550 g/mol. The Morgan fingerprint density at radius 2 is 0.615 bits per heavy atom. The predicted octanol–water partition coefficient (Wildman–Crippen LogP) is 17.0. The number of nitrogens with one attached hydrogen (secondary N) is 7.